The molecule has 0 saturated heterocycles. The van der Waals surface area contributed by atoms with Crippen molar-refractivity contribution in [1.82, 2.24) is 0 Å². The fourth-order valence-electron chi connectivity index (χ4n) is 1.03. The molecule has 13 heavy (non-hydrogen) atoms. The number of benzene rings is 1. The van der Waals surface area contributed by atoms with Crippen molar-refractivity contribution >= 4 is 11.6 Å². The van der Waals surface area contributed by atoms with Crippen LogP contribution in [0.25, 0.3) is 0 Å². The van der Waals surface area contributed by atoms with E-state index in [1.165, 1.54) is 12.1 Å². The summed E-state index contributed by atoms with van der Waals surface area (Å²) >= 11 is 5.54. The molecule has 0 fully saturated rings. The van der Waals surface area contributed by atoms with Gasteiger partial charge in [-0.05, 0) is 12.5 Å². The van der Waals surface area contributed by atoms with Gasteiger partial charge in [-0.15, -0.1) is 0 Å². The van der Waals surface area contributed by atoms with Crippen LogP contribution in [0, 0.1) is 5.82 Å². The van der Waals surface area contributed by atoms with Crippen molar-refractivity contribution in [2.45, 2.75) is 19.1 Å². The number of nitrogens with two attached hydrogens (primary N) is 1. The molecule has 1 aromatic rings. The van der Waals surface area contributed by atoms with Crippen LogP contribution >= 0.6 is 11.6 Å². The summed E-state index contributed by atoms with van der Waals surface area (Å²) in [7, 11) is 0. The van der Waals surface area contributed by atoms with Gasteiger partial charge in [-0.1, -0.05) is 30.7 Å². The Morgan fingerprint density at radius 3 is 2.77 bits per heavy atom. The average molecular weight is 204 g/mol. The van der Waals surface area contributed by atoms with Crippen LogP contribution < -0.4 is 5.73 Å². The summed E-state index contributed by atoms with van der Waals surface area (Å²) in [5, 5.41) is 9.55. The lowest BCUT2D eigenvalue weighted by Crippen LogP contribution is -2.36. The van der Waals surface area contributed by atoms with Crippen LogP contribution in [0.5, 0.6) is 0 Å². The standard InChI is InChI=1S/C9H11ClFNO/c1-2-9(12,13)6-4-3-5-7(10)8(6)11/h3-5,13H,2,12H2,1H3/t9-/m1/s1. The molecule has 0 aromatic heterocycles. The van der Waals surface area contributed by atoms with Crippen LogP contribution in [0.2, 0.25) is 5.02 Å². The van der Waals surface area contributed by atoms with Gasteiger partial charge < -0.3 is 5.11 Å². The smallest absolute Gasteiger partial charge is 0.149 e. The van der Waals surface area contributed by atoms with E-state index in [-0.39, 0.29) is 17.0 Å². The SMILES string of the molecule is CC[C@@](N)(O)c1cccc(Cl)c1F. The van der Waals surface area contributed by atoms with Crippen LogP contribution in [0.15, 0.2) is 18.2 Å². The summed E-state index contributed by atoms with van der Waals surface area (Å²) in [4.78, 5) is 0. The van der Waals surface area contributed by atoms with Crippen molar-refractivity contribution in [3.05, 3.63) is 34.6 Å². The van der Waals surface area contributed by atoms with Gasteiger partial charge in [0.15, 0.2) is 0 Å². The molecule has 1 rings (SSSR count). The van der Waals surface area contributed by atoms with Gasteiger partial charge in [-0.3, -0.25) is 5.73 Å². The van der Waals surface area contributed by atoms with Gasteiger partial charge in [0.25, 0.3) is 0 Å². The van der Waals surface area contributed by atoms with Crippen molar-refractivity contribution in [2.24, 2.45) is 5.73 Å². The van der Waals surface area contributed by atoms with Crippen molar-refractivity contribution < 1.29 is 9.50 Å². The molecule has 0 aliphatic carbocycles. The molecule has 1 atom stereocenters. The highest BCUT2D eigenvalue weighted by molar-refractivity contribution is 6.30. The third-order valence-electron chi connectivity index (χ3n) is 1.96. The van der Waals surface area contributed by atoms with E-state index >= 15 is 0 Å². The van der Waals surface area contributed by atoms with E-state index in [0.717, 1.165) is 0 Å². The van der Waals surface area contributed by atoms with Crippen LogP contribution in [-0.4, -0.2) is 5.11 Å². The lowest BCUT2D eigenvalue weighted by atomic mass is 10.0. The molecule has 0 bridgehead atoms. The van der Waals surface area contributed by atoms with E-state index < -0.39 is 11.5 Å². The molecule has 2 nitrogen and oxygen atoms in total. The molecule has 0 radical (unpaired) electrons. The Morgan fingerprint density at radius 1 is 1.62 bits per heavy atom. The monoisotopic (exact) mass is 203 g/mol. The number of halogens is 2. The van der Waals surface area contributed by atoms with Gasteiger partial charge in [0.2, 0.25) is 0 Å². The third kappa shape index (κ3) is 1.99. The molecular formula is C9H11ClFNO. The first-order valence-corrected chi connectivity index (χ1v) is 4.32. The Kier molecular flexibility index (Phi) is 2.91. The first kappa shape index (κ1) is 10.4. The third-order valence-corrected chi connectivity index (χ3v) is 2.25. The minimum Gasteiger partial charge on any atom is -0.372 e. The van der Waals surface area contributed by atoms with Gasteiger partial charge in [0.1, 0.15) is 11.5 Å². The quantitative estimate of drug-likeness (QED) is 0.723. The maximum atomic E-state index is 13.3. The first-order valence-electron chi connectivity index (χ1n) is 3.94. The van der Waals surface area contributed by atoms with E-state index in [1.54, 1.807) is 13.0 Å². The van der Waals surface area contributed by atoms with Gasteiger partial charge >= 0.3 is 0 Å². The van der Waals surface area contributed by atoms with Gasteiger partial charge in [0, 0.05) is 5.56 Å². The minimum absolute atomic E-state index is 0.0301. The molecule has 1 aromatic carbocycles. The number of aliphatic hydroxyl groups is 1. The van der Waals surface area contributed by atoms with E-state index in [1.807, 2.05) is 0 Å². The number of rotatable bonds is 2. The van der Waals surface area contributed by atoms with Crippen molar-refractivity contribution in [2.75, 3.05) is 0 Å². The largest absolute Gasteiger partial charge is 0.372 e. The Morgan fingerprint density at radius 2 is 2.23 bits per heavy atom. The predicted octanol–water partition coefficient (Wildman–Crippen LogP) is 1.99. The summed E-state index contributed by atoms with van der Waals surface area (Å²) in [6, 6.07) is 4.38. The highest BCUT2D eigenvalue weighted by Gasteiger charge is 2.25. The Balaban J connectivity index is 3.22. The summed E-state index contributed by atoms with van der Waals surface area (Å²) in [5.41, 5.74) is 3.85. The molecule has 0 aliphatic heterocycles. The van der Waals surface area contributed by atoms with Crippen LogP contribution in [0.3, 0.4) is 0 Å². The van der Waals surface area contributed by atoms with Crippen LogP contribution in [-0.2, 0) is 5.72 Å². The zero-order valence-electron chi connectivity index (χ0n) is 7.22. The molecule has 3 N–H and O–H groups in total. The van der Waals surface area contributed by atoms with Gasteiger partial charge in [0.05, 0.1) is 5.02 Å². The van der Waals surface area contributed by atoms with Crippen LogP contribution in [0.1, 0.15) is 18.9 Å². The van der Waals surface area contributed by atoms with E-state index in [0.29, 0.717) is 0 Å². The molecule has 0 aliphatic rings. The molecule has 0 heterocycles. The van der Waals surface area contributed by atoms with Gasteiger partial charge in [-0.25, -0.2) is 4.39 Å². The maximum absolute atomic E-state index is 13.3. The zero-order valence-corrected chi connectivity index (χ0v) is 7.98. The first-order chi connectivity index (χ1) is 5.99. The zero-order chi connectivity index (χ0) is 10.1. The minimum atomic E-state index is -1.64. The fourth-order valence-corrected chi connectivity index (χ4v) is 1.20. The topological polar surface area (TPSA) is 46.2 Å². The van der Waals surface area contributed by atoms with E-state index in [4.69, 9.17) is 17.3 Å². The predicted molar refractivity (Wildman–Crippen MR) is 49.8 cm³/mol. The molecule has 0 amide bonds. The number of hydrogen-bond acceptors (Lipinski definition) is 2. The summed E-state index contributed by atoms with van der Waals surface area (Å²) in [5.74, 6) is -0.656. The van der Waals surface area contributed by atoms with Crippen molar-refractivity contribution in [3.8, 4) is 0 Å². The second kappa shape index (κ2) is 3.62. The molecule has 0 saturated carbocycles. The van der Waals surface area contributed by atoms with E-state index in [2.05, 4.69) is 0 Å². The second-order valence-electron chi connectivity index (χ2n) is 2.88. The van der Waals surface area contributed by atoms with Crippen LogP contribution in [0.4, 0.5) is 4.39 Å². The highest BCUT2D eigenvalue weighted by atomic mass is 35.5. The van der Waals surface area contributed by atoms with Gasteiger partial charge in [-0.2, -0.15) is 0 Å². The molecule has 0 spiro atoms. The van der Waals surface area contributed by atoms with E-state index in [9.17, 15) is 9.50 Å². The second-order valence-corrected chi connectivity index (χ2v) is 3.29. The summed E-state index contributed by atoms with van der Waals surface area (Å²) in [6.45, 7) is 1.67. The summed E-state index contributed by atoms with van der Waals surface area (Å²) < 4.78 is 13.3. The lowest BCUT2D eigenvalue weighted by Gasteiger charge is -2.22. The molecular weight excluding hydrogens is 193 g/mol. The lowest BCUT2D eigenvalue weighted by molar-refractivity contribution is 0.0358. The molecule has 4 heteroatoms. The normalized spacial score (nSPS) is 15.5. The van der Waals surface area contributed by atoms with Crippen molar-refractivity contribution in [3.63, 3.8) is 0 Å². The Labute approximate surface area is 81.1 Å². The molecule has 0 unspecified atom stereocenters. The maximum Gasteiger partial charge on any atom is 0.149 e. The summed E-state index contributed by atoms with van der Waals surface area (Å²) in [6.07, 6.45) is 0.226. The average Bonchev–Trinajstić information content (AvgIpc) is 2.09. The molecule has 72 valence electrons. The van der Waals surface area contributed by atoms with Crippen molar-refractivity contribution in [1.29, 1.82) is 0 Å². The Bertz CT molecular complexity index is 314. The Hall–Kier alpha value is -0.640. The fraction of sp³-hybridized carbons (Fsp3) is 0.333. The highest BCUT2D eigenvalue weighted by Crippen LogP contribution is 2.26. The number of hydrogen-bond donors (Lipinski definition) is 2.